The van der Waals surface area contributed by atoms with Crippen molar-refractivity contribution in [3.05, 3.63) is 109 Å². The van der Waals surface area contributed by atoms with Crippen LogP contribution >= 0.6 is 0 Å². The third-order valence-corrected chi connectivity index (χ3v) is 6.19. The number of hydrogen-bond donors (Lipinski definition) is 0. The van der Waals surface area contributed by atoms with Gasteiger partial charge < -0.3 is 4.42 Å². The Hall–Kier alpha value is -4.23. The number of halogens is 1. The van der Waals surface area contributed by atoms with Crippen molar-refractivity contribution in [2.45, 2.75) is 12.1 Å². The Morgan fingerprint density at radius 2 is 1.35 bits per heavy atom. The van der Waals surface area contributed by atoms with Crippen molar-refractivity contribution in [2.24, 2.45) is 5.92 Å². The van der Waals surface area contributed by atoms with E-state index in [1.165, 1.54) is 17.0 Å². The molecule has 0 N–H and O–H groups in total. The van der Waals surface area contributed by atoms with Gasteiger partial charge in [0.2, 0.25) is 5.91 Å². The fraction of sp³-hybridized carbons (Fsp3) is 0.111. The lowest BCUT2D eigenvalue weighted by molar-refractivity contribution is -0.126. The van der Waals surface area contributed by atoms with Gasteiger partial charge in [0.1, 0.15) is 29.3 Å². The van der Waals surface area contributed by atoms with E-state index in [9.17, 15) is 14.0 Å². The molecule has 3 atom stereocenters. The van der Waals surface area contributed by atoms with Gasteiger partial charge in [0.25, 0.3) is 5.91 Å². The maximum Gasteiger partial charge on any atom is 0.266 e. The van der Waals surface area contributed by atoms with E-state index in [1.54, 1.807) is 53.6 Å². The minimum Gasteiger partial charge on any atom is -0.459 e. The number of carbonyl (C=O) groups excluding carboxylic acids is 2. The zero-order valence-corrected chi connectivity index (χ0v) is 17.9. The van der Waals surface area contributed by atoms with Gasteiger partial charge in [-0.1, -0.05) is 36.4 Å². The first-order chi connectivity index (χ1) is 16.6. The van der Waals surface area contributed by atoms with Gasteiger partial charge >= 0.3 is 0 Å². The third-order valence-electron chi connectivity index (χ3n) is 6.19. The summed E-state index contributed by atoms with van der Waals surface area (Å²) in [5.74, 6) is -0.872. The van der Waals surface area contributed by atoms with Gasteiger partial charge in [-0.2, -0.15) is 0 Å². The van der Waals surface area contributed by atoms with Crippen LogP contribution in [0.2, 0.25) is 0 Å². The summed E-state index contributed by atoms with van der Waals surface area (Å²) in [5.41, 5.74) is 1.91. The number of furan rings is 1. The molecule has 2 saturated heterocycles. The zero-order valence-electron chi connectivity index (χ0n) is 17.9. The van der Waals surface area contributed by atoms with Gasteiger partial charge in [-0.3, -0.25) is 14.4 Å². The van der Waals surface area contributed by atoms with E-state index in [0.29, 0.717) is 28.5 Å². The van der Waals surface area contributed by atoms with Crippen molar-refractivity contribution in [1.29, 1.82) is 0 Å². The monoisotopic (exact) mass is 454 g/mol. The van der Waals surface area contributed by atoms with Crippen LogP contribution in [0.5, 0.6) is 0 Å². The summed E-state index contributed by atoms with van der Waals surface area (Å²) in [6.07, 6.45) is -0.975. The molecule has 4 aromatic rings. The molecule has 7 heteroatoms. The van der Waals surface area contributed by atoms with Crippen LogP contribution in [0.1, 0.15) is 11.8 Å². The molecule has 2 amide bonds. The fourth-order valence-electron chi connectivity index (χ4n) is 4.61. The maximum atomic E-state index is 13.6. The van der Waals surface area contributed by atoms with E-state index in [0.717, 1.165) is 0 Å². The van der Waals surface area contributed by atoms with E-state index in [4.69, 9.17) is 9.25 Å². The minimum absolute atomic E-state index is 0.339. The lowest BCUT2D eigenvalue weighted by Gasteiger charge is -2.27. The Balaban J connectivity index is 1.42. The van der Waals surface area contributed by atoms with Crippen LogP contribution in [0.3, 0.4) is 0 Å². The number of fused-ring (bicyclic) bond motifs is 1. The highest BCUT2D eigenvalue weighted by atomic mass is 19.1. The Morgan fingerprint density at radius 1 is 0.706 bits per heavy atom. The van der Waals surface area contributed by atoms with E-state index in [1.807, 2.05) is 36.4 Å². The molecule has 2 aliphatic rings. The second kappa shape index (κ2) is 7.97. The van der Waals surface area contributed by atoms with Gasteiger partial charge in [-0.15, -0.1) is 0 Å². The second-order valence-corrected chi connectivity index (χ2v) is 8.21. The lowest BCUT2D eigenvalue weighted by atomic mass is 9.94. The number of rotatable bonds is 4. The second-order valence-electron chi connectivity index (χ2n) is 8.21. The summed E-state index contributed by atoms with van der Waals surface area (Å²) in [7, 11) is 0. The van der Waals surface area contributed by atoms with Crippen molar-refractivity contribution >= 4 is 23.2 Å². The van der Waals surface area contributed by atoms with Crippen molar-refractivity contribution < 1.29 is 23.2 Å². The van der Waals surface area contributed by atoms with Crippen LogP contribution in [-0.2, 0) is 14.4 Å². The SMILES string of the molecule is O=C1[C@@H]2[C@@H](ON(c3ccccc3)[C@H]2c2ccc(-c3ccc(F)cc3)o2)C(=O)N1c1ccccc1. The molecule has 6 nitrogen and oxygen atoms in total. The fourth-order valence-corrected chi connectivity index (χ4v) is 4.61. The summed E-state index contributed by atoms with van der Waals surface area (Å²) in [4.78, 5) is 34.2. The summed E-state index contributed by atoms with van der Waals surface area (Å²) < 4.78 is 19.5. The minimum atomic E-state index is -0.975. The molecule has 0 spiro atoms. The van der Waals surface area contributed by atoms with Gasteiger partial charge in [0, 0.05) is 5.56 Å². The molecule has 2 aliphatic heterocycles. The average Bonchev–Trinajstić information content (AvgIpc) is 3.56. The topological polar surface area (TPSA) is 63.0 Å². The number of amides is 2. The first kappa shape index (κ1) is 20.4. The number of nitrogens with zero attached hydrogens (tertiary/aromatic N) is 2. The van der Waals surface area contributed by atoms with Gasteiger partial charge in [0.15, 0.2) is 6.10 Å². The molecule has 168 valence electrons. The maximum absolute atomic E-state index is 13.6. The molecule has 3 aromatic carbocycles. The number of benzene rings is 3. The van der Waals surface area contributed by atoms with Crippen molar-refractivity contribution in [1.82, 2.24) is 0 Å². The number of hydroxylamine groups is 1. The van der Waals surface area contributed by atoms with E-state index in [-0.39, 0.29) is 11.7 Å². The summed E-state index contributed by atoms with van der Waals surface area (Å²) >= 11 is 0. The van der Waals surface area contributed by atoms with Crippen LogP contribution in [0.25, 0.3) is 11.3 Å². The molecule has 3 heterocycles. The molecule has 1 aromatic heterocycles. The molecule has 6 rings (SSSR count). The molecule has 34 heavy (non-hydrogen) atoms. The van der Waals surface area contributed by atoms with Crippen LogP contribution in [0.4, 0.5) is 15.8 Å². The van der Waals surface area contributed by atoms with Crippen molar-refractivity contribution in [2.75, 3.05) is 9.96 Å². The Kier molecular flexibility index (Phi) is 4.78. The van der Waals surface area contributed by atoms with Crippen LogP contribution in [0.15, 0.2) is 101 Å². The zero-order chi connectivity index (χ0) is 23.2. The number of imide groups is 1. The predicted octanol–water partition coefficient (Wildman–Crippen LogP) is 5.14. The quantitative estimate of drug-likeness (QED) is 0.400. The van der Waals surface area contributed by atoms with Gasteiger partial charge in [-0.05, 0) is 60.7 Å². The molecular formula is C27H19FN2O4. The summed E-state index contributed by atoms with van der Waals surface area (Å²) in [6, 6.07) is 27.0. The van der Waals surface area contributed by atoms with Crippen LogP contribution < -0.4 is 9.96 Å². The number of para-hydroxylation sites is 2. The highest BCUT2D eigenvalue weighted by Gasteiger charge is 2.61. The van der Waals surface area contributed by atoms with E-state index >= 15 is 0 Å². The molecule has 0 unspecified atom stereocenters. The molecule has 0 radical (unpaired) electrons. The largest absolute Gasteiger partial charge is 0.459 e. The molecule has 2 fully saturated rings. The highest BCUT2D eigenvalue weighted by Crippen LogP contribution is 2.48. The smallest absolute Gasteiger partial charge is 0.266 e. The normalized spacial score (nSPS) is 21.9. The number of carbonyl (C=O) groups is 2. The summed E-state index contributed by atoms with van der Waals surface area (Å²) in [5, 5.41) is 1.58. The highest BCUT2D eigenvalue weighted by molar-refractivity contribution is 6.23. The first-order valence-corrected chi connectivity index (χ1v) is 10.9. The number of hydrogen-bond acceptors (Lipinski definition) is 5. The Morgan fingerprint density at radius 3 is 2.03 bits per heavy atom. The van der Waals surface area contributed by atoms with Crippen LogP contribution in [0, 0.1) is 11.7 Å². The molecule has 0 aliphatic carbocycles. The molecule has 0 saturated carbocycles. The third kappa shape index (κ3) is 3.21. The molecular weight excluding hydrogens is 435 g/mol. The summed E-state index contributed by atoms with van der Waals surface area (Å²) in [6.45, 7) is 0. The van der Waals surface area contributed by atoms with Gasteiger partial charge in [-0.25, -0.2) is 14.4 Å². The standard InChI is InChI=1S/C27H19FN2O4/c28-18-13-11-17(12-14-18)21-15-16-22(33-21)24-23-25(34-30(24)20-9-5-2-6-10-20)27(32)29(26(23)31)19-7-3-1-4-8-19/h1-16,23-25H/t23-,24-,25+/m0/s1. The van der Waals surface area contributed by atoms with Gasteiger partial charge in [0.05, 0.1) is 11.4 Å². The first-order valence-electron chi connectivity index (χ1n) is 10.9. The Labute approximate surface area is 194 Å². The molecule has 0 bridgehead atoms. The average molecular weight is 454 g/mol. The van der Waals surface area contributed by atoms with Crippen molar-refractivity contribution in [3.8, 4) is 11.3 Å². The predicted molar refractivity (Wildman–Crippen MR) is 123 cm³/mol. The Bertz CT molecular complexity index is 1350. The van der Waals surface area contributed by atoms with Crippen molar-refractivity contribution in [3.63, 3.8) is 0 Å². The van der Waals surface area contributed by atoms with E-state index < -0.39 is 24.0 Å². The lowest BCUT2D eigenvalue weighted by Crippen LogP contribution is -2.37. The van der Waals surface area contributed by atoms with E-state index in [2.05, 4.69) is 0 Å². The number of anilines is 2. The van der Waals surface area contributed by atoms with Crippen LogP contribution in [-0.4, -0.2) is 17.9 Å².